The SMILES string of the molecule is COC(=O)c1cn(CC(=O)NC[C@H](c2cccs2)c2c[nH]c3ccccc23)c2ccccc12. The van der Waals surface area contributed by atoms with Gasteiger partial charge in [-0.3, -0.25) is 4.79 Å². The molecule has 33 heavy (non-hydrogen) atoms. The molecule has 0 fully saturated rings. The van der Waals surface area contributed by atoms with Gasteiger partial charge in [0.2, 0.25) is 5.91 Å². The number of H-pyrrole nitrogens is 1. The highest BCUT2D eigenvalue weighted by molar-refractivity contribution is 7.10. The minimum atomic E-state index is -0.414. The van der Waals surface area contributed by atoms with Gasteiger partial charge < -0.3 is 19.6 Å². The predicted molar refractivity (Wildman–Crippen MR) is 131 cm³/mol. The van der Waals surface area contributed by atoms with Crippen molar-refractivity contribution in [1.82, 2.24) is 14.9 Å². The number of aromatic nitrogens is 2. The largest absolute Gasteiger partial charge is 0.465 e. The maximum atomic E-state index is 13.0. The van der Waals surface area contributed by atoms with Gasteiger partial charge in [-0.25, -0.2) is 4.79 Å². The number of hydrogen-bond acceptors (Lipinski definition) is 4. The van der Waals surface area contributed by atoms with Crippen molar-refractivity contribution in [2.45, 2.75) is 12.5 Å². The number of amides is 1. The molecule has 0 radical (unpaired) electrons. The third-order valence-corrected chi connectivity index (χ3v) is 6.88. The molecule has 0 spiro atoms. The highest BCUT2D eigenvalue weighted by Gasteiger charge is 2.21. The smallest absolute Gasteiger partial charge is 0.340 e. The summed E-state index contributed by atoms with van der Waals surface area (Å²) in [7, 11) is 1.36. The Labute approximate surface area is 194 Å². The Morgan fingerprint density at radius 3 is 2.64 bits per heavy atom. The average molecular weight is 458 g/mol. The maximum absolute atomic E-state index is 13.0. The second kappa shape index (κ2) is 8.96. The summed E-state index contributed by atoms with van der Waals surface area (Å²) in [4.78, 5) is 29.7. The van der Waals surface area contributed by atoms with E-state index in [2.05, 4.69) is 33.9 Å². The number of thiophene rings is 1. The van der Waals surface area contributed by atoms with Crippen LogP contribution in [0, 0.1) is 0 Å². The lowest BCUT2D eigenvalue weighted by Gasteiger charge is -2.17. The van der Waals surface area contributed by atoms with E-state index in [1.165, 1.54) is 12.0 Å². The fourth-order valence-corrected chi connectivity index (χ4v) is 5.16. The van der Waals surface area contributed by atoms with Gasteiger partial charge in [-0.2, -0.15) is 0 Å². The lowest BCUT2D eigenvalue weighted by Crippen LogP contribution is -2.31. The number of hydrogen-bond donors (Lipinski definition) is 2. The van der Waals surface area contributed by atoms with Crippen molar-refractivity contribution in [1.29, 1.82) is 0 Å². The highest BCUT2D eigenvalue weighted by atomic mass is 32.1. The predicted octanol–water partition coefficient (Wildman–Crippen LogP) is 4.92. The van der Waals surface area contributed by atoms with Gasteiger partial charge in [0.1, 0.15) is 6.54 Å². The number of nitrogens with zero attached hydrogens (tertiary/aromatic N) is 1. The molecule has 1 atom stereocenters. The van der Waals surface area contributed by atoms with E-state index in [9.17, 15) is 9.59 Å². The molecule has 2 aromatic carbocycles. The van der Waals surface area contributed by atoms with Gasteiger partial charge in [0.25, 0.3) is 0 Å². The lowest BCUT2D eigenvalue weighted by atomic mass is 9.96. The number of aromatic amines is 1. The first-order valence-corrected chi connectivity index (χ1v) is 11.6. The Hall–Kier alpha value is -3.84. The Morgan fingerprint density at radius 1 is 1.06 bits per heavy atom. The number of rotatable bonds is 7. The van der Waals surface area contributed by atoms with E-state index < -0.39 is 5.97 Å². The molecule has 0 aliphatic rings. The van der Waals surface area contributed by atoms with Crippen molar-refractivity contribution in [2.24, 2.45) is 0 Å². The number of methoxy groups -OCH3 is 1. The third kappa shape index (κ3) is 4.03. The molecule has 3 aromatic heterocycles. The zero-order chi connectivity index (χ0) is 22.8. The molecule has 5 rings (SSSR count). The molecule has 0 bridgehead atoms. The molecule has 0 unspecified atom stereocenters. The van der Waals surface area contributed by atoms with Crippen molar-refractivity contribution in [3.05, 3.63) is 94.4 Å². The van der Waals surface area contributed by atoms with Gasteiger partial charge in [-0.1, -0.05) is 42.5 Å². The first-order valence-electron chi connectivity index (χ1n) is 10.7. The van der Waals surface area contributed by atoms with Crippen LogP contribution in [0.4, 0.5) is 0 Å². The van der Waals surface area contributed by atoms with E-state index in [4.69, 9.17) is 4.74 Å². The van der Waals surface area contributed by atoms with Crippen molar-refractivity contribution in [3.63, 3.8) is 0 Å². The van der Waals surface area contributed by atoms with E-state index >= 15 is 0 Å². The molecule has 1 amide bonds. The van der Waals surface area contributed by atoms with E-state index in [1.807, 2.05) is 48.7 Å². The Bertz CT molecular complexity index is 1430. The number of nitrogens with one attached hydrogen (secondary N) is 2. The third-order valence-electron chi connectivity index (χ3n) is 5.89. The molecular weight excluding hydrogens is 434 g/mol. The number of fused-ring (bicyclic) bond motifs is 2. The summed E-state index contributed by atoms with van der Waals surface area (Å²) in [6.07, 6.45) is 3.72. The van der Waals surface area contributed by atoms with Crippen LogP contribution in [-0.2, 0) is 16.1 Å². The molecule has 0 aliphatic heterocycles. The van der Waals surface area contributed by atoms with Crippen LogP contribution in [0.1, 0.15) is 26.7 Å². The summed E-state index contributed by atoms with van der Waals surface area (Å²) in [5.41, 5.74) is 3.51. The van der Waals surface area contributed by atoms with Gasteiger partial charge >= 0.3 is 5.97 Å². The van der Waals surface area contributed by atoms with Gasteiger partial charge in [-0.05, 0) is 29.1 Å². The minimum absolute atomic E-state index is 0.0390. The fraction of sp³-hybridized carbons (Fsp3) is 0.154. The molecule has 0 saturated carbocycles. The first kappa shape index (κ1) is 21.0. The summed E-state index contributed by atoms with van der Waals surface area (Å²) in [5.74, 6) is -0.492. The van der Waals surface area contributed by atoms with Crippen molar-refractivity contribution in [2.75, 3.05) is 13.7 Å². The summed E-state index contributed by atoms with van der Waals surface area (Å²) in [6.45, 7) is 0.590. The van der Waals surface area contributed by atoms with Crippen molar-refractivity contribution >= 4 is 45.0 Å². The zero-order valence-electron chi connectivity index (χ0n) is 18.1. The van der Waals surface area contributed by atoms with Crippen LogP contribution in [0.25, 0.3) is 21.8 Å². The zero-order valence-corrected chi connectivity index (χ0v) is 18.9. The van der Waals surface area contributed by atoms with Crippen LogP contribution in [0.15, 0.2) is 78.4 Å². The van der Waals surface area contributed by atoms with Gasteiger partial charge in [0.05, 0.1) is 12.7 Å². The molecule has 0 saturated heterocycles. The van der Waals surface area contributed by atoms with Crippen LogP contribution in [-0.4, -0.2) is 35.1 Å². The summed E-state index contributed by atoms with van der Waals surface area (Å²) in [5, 5.41) is 7.09. The van der Waals surface area contributed by atoms with Crippen molar-refractivity contribution in [3.8, 4) is 0 Å². The van der Waals surface area contributed by atoms with E-state index in [0.29, 0.717) is 12.1 Å². The topological polar surface area (TPSA) is 76.1 Å². The number of esters is 1. The number of carbonyl (C=O) groups excluding carboxylic acids is 2. The van der Waals surface area contributed by atoms with E-state index in [0.717, 1.165) is 27.4 Å². The highest BCUT2D eigenvalue weighted by Crippen LogP contribution is 2.32. The molecule has 2 N–H and O–H groups in total. The minimum Gasteiger partial charge on any atom is -0.465 e. The van der Waals surface area contributed by atoms with E-state index in [1.54, 1.807) is 22.1 Å². The lowest BCUT2D eigenvalue weighted by molar-refractivity contribution is -0.121. The fourth-order valence-electron chi connectivity index (χ4n) is 4.31. The Morgan fingerprint density at radius 2 is 1.85 bits per heavy atom. The first-order chi connectivity index (χ1) is 16.2. The quantitative estimate of drug-likeness (QED) is 0.341. The second-order valence-corrected chi connectivity index (χ2v) is 8.82. The molecule has 7 heteroatoms. The summed E-state index contributed by atoms with van der Waals surface area (Å²) >= 11 is 1.68. The average Bonchev–Trinajstić information content (AvgIpc) is 3.59. The van der Waals surface area contributed by atoms with Crippen LogP contribution in [0.5, 0.6) is 0 Å². The Kier molecular flexibility index (Phi) is 5.71. The molecular formula is C26H23N3O3S. The number of para-hydroxylation sites is 2. The molecule has 3 heterocycles. The summed E-state index contributed by atoms with van der Waals surface area (Å²) in [6, 6.07) is 19.8. The van der Waals surface area contributed by atoms with Crippen LogP contribution in [0.2, 0.25) is 0 Å². The van der Waals surface area contributed by atoms with Crippen LogP contribution in [0.3, 0.4) is 0 Å². The Balaban J connectivity index is 1.38. The van der Waals surface area contributed by atoms with Gasteiger partial charge in [-0.15, -0.1) is 11.3 Å². The second-order valence-electron chi connectivity index (χ2n) is 7.84. The van der Waals surface area contributed by atoms with Crippen LogP contribution < -0.4 is 5.32 Å². The molecule has 5 aromatic rings. The normalized spacial score (nSPS) is 12.2. The van der Waals surface area contributed by atoms with Gasteiger partial charge in [0, 0.05) is 51.5 Å². The van der Waals surface area contributed by atoms with E-state index in [-0.39, 0.29) is 18.4 Å². The van der Waals surface area contributed by atoms with Crippen molar-refractivity contribution < 1.29 is 14.3 Å². The molecule has 0 aliphatic carbocycles. The number of carbonyl (C=O) groups is 2. The maximum Gasteiger partial charge on any atom is 0.340 e. The summed E-state index contributed by atoms with van der Waals surface area (Å²) < 4.78 is 6.70. The molecule has 6 nitrogen and oxygen atoms in total. The van der Waals surface area contributed by atoms with Gasteiger partial charge in [0.15, 0.2) is 0 Å². The molecule has 166 valence electrons. The number of ether oxygens (including phenoxy) is 1. The van der Waals surface area contributed by atoms with Crippen LogP contribution >= 0.6 is 11.3 Å². The standard InChI is InChI=1S/C26H23N3O3S/c1-32-26(31)21-15-29(23-10-5-3-8-18(21)23)16-25(30)28-14-20(24-11-6-12-33-24)19-13-27-22-9-4-2-7-17(19)22/h2-13,15,20,27H,14,16H2,1H3,(H,28,30)/t20-/m0/s1. The number of benzene rings is 2. The monoisotopic (exact) mass is 457 g/mol.